The molecule has 1 aliphatic rings. The second-order valence-corrected chi connectivity index (χ2v) is 5.14. The molecule has 0 saturated carbocycles. The Morgan fingerprint density at radius 2 is 2.28 bits per heavy atom. The summed E-state index contributed by atoms with van der Waals surface area (Å²) in [6.07, 6.45) is 4.45. The second kappa shape index (κ2) is 6.01. The quantitative estimate of drug-likeness (QED) is 0.841. The maximum atomic E-state index is 10.6. The van der Waals surface area contributed by atoms with Crippen LogP contribution >= 0.6 is 0 Å². The molecule has 2 atom stereocenters. The van der Waals surface area contributed by atoms with Gasteiger partial charge in [-0.05, 0) is 43.7 Å². The molecule has 2 unspecified atom stereocenters. The van der Waals surface area contributed by atoms with Crippen molar-refractivity contribution in [2.45, 2.75) is 51.1 Å². The maximum absolute atomic E-state index is 10.6. The van der Waals surface area contributed by atoms with E-state index in [1.165, 1.54) is 17.5 Å². The van der Waals surface area contributed by atoms with E-state index in [0.717, 1.165) is 12.8 Å². The molecule has 0 heterocycles. The van der Waals surface area contributed by atoms with E-state index in [-0.39, 0.29) is 12.5 Å². The number of aryl methyl sites for hydroxylation is 1. The van der Waals surface area contributed by atoms with Crippen LogP contribution in [0.5, 0.6) is 0 Å². The Morgan fingerprint density at radius 3 is 3.06 bits per heavy atom. The van der Waals surface area contributed by atoms with Gasteiger partial charge in [0.05, 0.1) is 0 Å². The third-order valence-corrected chi connectivity index (χ3v) is 3.65. The summed E-state index contributed by atoms with van der Waals surface area (Å²) in [4.78, 5) is 10.6. The molecule has 2 rings (SSSR count). The Labute approximate surface area is 108 Å². The molecule has 1 aromatic carbocycles. The molecule has 0 radical (unpaired) electrons. The van der Waals surface area contributed by atoms with Gasteiger partial charge in [0.2, 0.25) is 0 Å². The number of rotatable bonds is 5. The van der Waals surface area contributed by atoms with Crippen LogP contribution < -0.4 is 5.32 Å². The minimum Gasteiger partial charge on any atom is -0.481 e. The Hall–Kier alpha value is -1.35. The molecule has 3 nitrogen and oxygen atoms in total. The third kappa shape index (κ3) is 3.33. The van der Waals surface area contributed by atoms with E-state index in [4.69, 9.17) is 5.11 Å². The van der Waals surface area contributed by atoms with E-state index in [1.807, 2.05) is 0 Å². The minimum atomic E-state index is -0.715. The molecular formula is C15H21NO2. The highest BCUT2D eigenvalue weighted by molar-refractivity contribution is 5.66. The molecule has 18 heavy (non-hydrogen) atoms. The number of aliphatic carboxylic acids is 1. The molecule has 1 aromatic rings. The van der Waals surface area contributed by atoms with Gasteiger partial charge < -0.3 is 10.4 Å². The molecule has 2 N–H and O–H groups in total. The number of carbonyl (C=O) groups is 1. The molecule has 1 aliphatic carbocycles. The van der Waals surface area contributed by atoms with Crippen molar-refractivity contribution in [2.75, 3.05) is 0 Å². The summed E-state index contributed by atoms with van der Waals surface area (Å²) in [7, 11) is 0. The van der Waals surface area contributed by atoms with Crippen LogP contribution in [0, 0.1) is 0 Å². The summed E-state index contributed by atoms with van der Waals surface area (Å²) in [5.41, 5.74) is 2.83. The first kappa shape index (κ1) is 13.1. The SMILES string of the molecule is CC(CCC(=O)O)NC1CCCc2ccccc21. The Kier molecular flexibility index (Phi) is 4.37. The van der Waals surface area contributed by atoms with Gasteiger partial charge in [0.25, 0.3) is 0 Å². The first-order valence-electron chi connectivity index (χ1n) is 6.72. The molecule has 3 heteroatoms. The number of carboxylic acids is 1. The van der Waals surface area contributed by atoms with Gasteiger partial charge in [0.15, 0.2) is 0 Å². The topological polar surface area (TPSA) is 49.3 Å². The number of nitrogens with one attached hydrogen (secondary N) is 1. The zero-order valence-corrected chi connectivity index (χ0v) is 10.9. The molecule has 0 fully saturated rings. The zero-order chi connectivity index (χ0) is 13.0. The number of hydrogen-bond acceptors (Lipinski definition) is 2. The van der Waals surface area contributed by atoms with Crippen molar-refractivity contribution in [3.8, 4) is 0 Å². The first-order valence-corrected chi connectivity index (χ1v) is 6.72. The van der Waals surface area contributed by atoms with Crippen molar-refractivity contribution < 1.29 is 9.90 Å². The highest BCUT2D eigenvalue weighted by atomic mass is 16.4. The predicted molar refractivity (Wildman–Crippen MR) is 71.6 cm³/mol. The summed E-state index contributed by atoms with van der Waals surface area (Å²) in [5, 5.41) is 12.3. The largest absolute Gasteiger partial charge is 0.481 e. The van der Waals surface area contributed by atoms with Crippen LogP contribution in [0.1, 0.15) is 49.8 Å². The fourth-order valence-electron chi connectivity index (χ4n) is 2.69. The highest BCUT2D eigenvalue weighted by Crippen LogP contribution is 2.29. The van der Waals surface area contributed by atoms with E-state index in [0.29, 0.717) is 12.5 Å². The molecule has 0 amide bonds. The van der Waals surface area contributed by atoms with E-state index in [1.54, 1.807) is 0 Å². The van der Waals surface area contributed by atoms with E-state index in [2.05, 4.69) is 36.5 Å². The summed E-state index contributed by atoms with van der Waals surface area (Å²) in [5.74, 6) is -0.715. The zero-order valence-electron chi connectivity index (χ0n) is 10.9. The first-order chi connectivity index (χ1) is 8.66. The van der Waals surface area contributed by atoms with Crippen LogP contribution in [0.15, 0.2) is 24.3 Å². The average Bonchev–Trinajstić information content (AvgIpc) is 2.37. The van der Waals surface area contributed by atoms with Crippen LogP contribution in [0.2, 0.25) is 0 Å². The van der Waals surface area contributed by atoms with Gasteiger partial charge in [-0.3, -0.25) is 4.79 Å². The fraction of sp³-hybridized carbons (Fsp3) is 0.533. The van der Waals surface area contributed by atoms with Gasteiger partial charge in [-0.15, -0.1) is 0 Å². The monoisotopic (exact) mass is 247 g/mol. The van der Waals surface area contributed by atoms with Crippen molar-refractivity contribution in [1.82, 2.24) is 5.32 Å². The van der Waals surface area contributed by atoms with Crippen LogP contribution in [-0.4, -0.2) is 17.1 Å². The van der Waals surface area contributed by atoms with Crippen LogP contribution in [0.4, 0.5) is 0 Å². The summed E-state index contributed by atoms with van der Waals surface area (Å²) >= 11 is 0. The van der Waals surface area contributed by atoms with Crippen molar-refractivity contribution in [3.63, 3.8) is 0 Å². The van der Waals surface area contributed by atoms with Crippen molar-refractivity contribution in [1.29, 1.82) is 0 Å². The normalized spacial score (nSPS) is 20.2. The van der Waals surface area contributed by atoms with Gasteiger partial charge in [0, 0.05) is 18.5 Å². The lowest BCUT2D eigenvalue weighted by molar-refractivity contribution is -0.137. The van der Waals surface area contributed by atoms with Gasteiger partial charge >= 0.3 is 5.97 Å². The lowest BCUT2D eigenvalue weighted by Crippen LogP contribution is -2.33. The Bertz CT molecular complexity index is 417. The lowest BCUT2D eigenvalue weighted by Gasteiger charge is -2.29. The summed E-state index contributed by atoms with van der Waals surface area (Å²) < 4.78 is 0. The predicted octanol–water partition coefficient (Wildman–Crippen LogP) is 2.91. The summed E-state index contributed by atoms with van der Waals surface area (Å²) in [6.45, 7) is 2.07. The number of fused-ring (bicyclic) bond motifs is 1. The molecule has 0 aliphatic heterocycles. The van der Waals surface area contributed by atoms with Gasteiger partial charge in [-0.25, -0.2) is 0 Å². The van der Waals surface area contributed by atoms with Gasteiger partial charge in [-0.2, -0.15) is 0 Å². The molecule has 0 saturated heterocycles. The number of carboxylic acid groups (broad SMARTS) is 1. The van der Waals surface area contributed by atoms with E-state index >= 15 is 0 Å². The number of hydrogen-bond donors (Lipinski definition) is 2. The molecule has 98 valence electrons. The van der Waals surface area contributed by atoms with Crippen molar-refractivity contribution in [3.05, 3.63) is 35.4 Å². The van der Waals surface area contributed by atoms with Crippen molar-refractivity contribution in [2.24, 2.45) is 0 Å². The molecular weight excluding hydrogens is 226 g/mol. The van der Waals surface area contributed by atoms with Crippen LogP contribution in [0.25, 0.3) is 0 Å². The van der Waals surface area contributed by atoms with Crippen LogP contribution in [-0.2, 0) is 11.2 Å². The highest BCUT2D eigenvalue weighted by Gasteiger charge is 2.20. The van der Waals surface area contributed by atoms with Crippen LogP contribution in [0.3, 0.4) is 0 Å². The number of benzene rings is 1. The lowest BCUT2D eigenvalue weighted by atomic mass is 9.87. The Morgan fingerprint density at radius 1 is 1.50 bits per heavy atom. The minimum absolute atomic E-state index is 0.239. The van der Waals surface area contributed by atoms with E-state index < -0.39 is 5.97 Å². The standard InChI is InChI=1S/C15H21NO2/c1-11(9-10-15(17)18)16-14-8-4-6-12-5-2-3-7-13(12)14/h2-3,5,7,11,14,16H,4,6,8-10H2,1H3,(H,17,18). The van der Waals surface area contributed by atoms with Gasteiger partial charge in [0.1, 0.15) is 0 Å². The van der Waals surface area contributed by atoms with Gasteiger partial charge in [-0.1, -0.05) is 24.3 Å². The average molecular weight is 247 g/mol. The second-order valence-electron chi connectivity index (χ2n) is 5.14. The fourth-order valence-corrected chi connectivity index (χ4v) is 2.69. The summed E-state index contributed by atoms with van der Waals surface area (Å²) in [6, 6.07) is 9.20. The van der Waals surface area contributed by atoms with E-state index in [9.17, 15) is 4.79 Å². The maximum Gasteiger partial charge on any atom is 0.303 e. The molecule has 0 bridgehead atoms. The Balaban J connectivity index is 1.96. The molecule has 0 aromatic heterocycles. The smallest absolute Gasteiger partial charge is 0.303 e. The van der Waals surface area contributed by atoms with Crippen molar-refractivity contribution >= 4 is 5.97 Å². The third-order valence-electron chi connectivity index (χ3n) is 3.65. The molecule has 0 spiro atoms.